The van der Waals surface area contributed by atoms with Crippen molar-refractivity contribution in [3.05, 3.63) is 49.7 Å². The van der Waals surface area contributed by atoms with Crippen LogP contribution in [0, 0.1) is 11.8 Å². The highest BCUT2D eigenvalue weighted by molar-refractivity contribution is 6.08. The van der Waals surface area contributed by atoms with Crippen LogP contribution in [0.1, 0.15) is 80.1 Å². The number of aryl methyl sites for hydroxylation is 1. The molecule has 1 unspecified atom stereocenters. The molecule has 5 heterocycles. The van der Waals surface area contributed by atoms with Crippen molar-refractivity contribution in [1.82, 2.24) is 24.3 Å². The van der Waals surface area contributed by atoms with Crippen LogP contribution in [0.4, 0.5) is 9.18 Å². The third-order valence-electron chi connectivity index (χ3n) is 12.5. The van der Waals surface area contributed by atoms with Crippen molar-refractivity contribution in [2.45, 2.75) is 146 Å². The number of aromatic nitrogens is 3. The Hall–Kier alpha value is -4.09. The van der Waals surface area contributed by atoms with Gasteiger partial charge in [0.2, 0.25) is 0 Å². The number of carbonyl (C=O) groups is 4. The number of hydrogen-bond acceptors (Lipinski definition) is 13. The van der Waals surface area contributed by atoms with E-state index >= 15 is 4.39 Å². The summed E-state index contributed by atoms with van der Waals surface area (Å²) in [5.74, 6) is -5.05. The molecular formula is C43H62FN5O10. The molecule has 16 heteroatoms. The van der Waals surface area contributed by atoms with Crippen LogP contribution in [0.15, 0.2) is 49.7 Å². The zero-order chi connectivity index (χ0) is 43.4. The third-order valence-corrected chi connectivity index (χ3v) is 12.5. The van der Waals surface area contributed by atoms with Gasteiger partial charge in [0.1, 0.15) is 18.0 Å². The summed E-state index contributed by atoms with van der Waals surface area (Å²) in [5, 5.41) is 11.4. The lowest BCUT2D eigenvalue weighted by Crippen LogP contribution is -2.61. The van der Waals surface area contributed by atoms with Crippen LogP contribution < -0.4 is 0 Å². The van der Waals surface area contributed by atoms with Gasteiger partial charge in [-0.25, -0.2) is 19.0 Å². The third kappa shape index (κ3) is 9.46. The second-order valence-corrected chi connectivity index (χ2v) is 17.0. The molecule has 2 aromatic heterocycles. The van der Waals surface area contributed by atoms with Crippen LogP contribution in [0.3, 0.4) is 0 Å². The van der Waals surface area contributed by atoms with Crippen molar-refractivity contribution in [2.75, 3.05) is 27.7 Å². The normalized spacial score (nSPS) is 36.2. The number of halogens is 1. The summed E-state index contributed by atoms with van der Waals surface area (Å²) < 4.78 is 49.3. The molecule has 0 saturated carbocycles. The molecule has 3 saturated heterocycles. The minimum absolute atomic E-state index is 0.0146. The number of likely N-dealkylation sites (N-methyl/N-ethyl adjacent to an activating group) is 1. The maximum absolute atomic E-state index is 16.9. The van der Waals surface area contributed by atoms with E-state index in [9.17, 15) is 24.3 Å². The molecule has 2 aromatic rings. The van der Waals surface area contributed by atoms with Crippen molar-refractivity contribution in [3.8, 4) is 11.3 Å². The quantitative estimate of drug-likeness (QED) is 0.132. The van der Waals surface area contributed by atoms with Gasteiger partial charge in [-0.1, -0.05) is 27.4 Å². The molecule has 3 aliphatic heterocycles. The second-order valence-electron chi connectivity index (χ2n) is 17.0. The molecule has 0 radical (unpaired) electrons. The summed E-state index contributed by atoms with van der Waals surface area (Å²) in [6, 6.07) is 2.40. The van der Waals surface area contributed by atoms with Gasteiger partial charge >= 0.3 is 12.1 Å². The first-order valence-electron chi connectivity index (χ1n) is 20.6. The number of aliphatic hydroxyl groups is 1. The number of methoxy groups -OCH3 is 1. The molecule has 1 N–H and O–H groups in total. The van der Waals surface area contributed by atoms with Gasteiger partial charge in [-0.2, -0.15) is 0 Å². The van der Waals surface area contributed by atoms with Crippen molar-refractivity contribution in [1.29, 1.82) is 0 Å². The van der Waals surface area contributed by atoms with E-state index in [0.717, 1.165) is 18.2 Å². The average molecular weight is 828 g/mol. The number of cyclic esters (lactones) is 1. The lowest BCUT2D eigenvalue weighted by Gasteiger charge is -2.47. The number of pyridine rings is 1. The van der Waals surface area contributed by atoms with Gasteiger partial charge in [0.25, 0.3) is 5.67 Å². The number of Topliss-reactive ketones (excluding diaryl/α,β-unsaturated/α-hetero) is 2. The maximum atomic E-state index is 16.9. The highest BCUT2D eigenvalue weighted by atomic mass is 19.1. The highest BCUT2D eigenvalue weighted by Crippen LogP contribution is 2.43. The number of ketones is 2. The fourth-order valence-electron chi connectivity index (χ4n) is 8.90. The van der Waals surface area contributed by atoms with E-state index in [1.807, 2.05) is 48.8 Å². The predicted molar refractivity (Wildman–Crippen MR) is 215 cm³/mol. The molecule has 12 atom stereocenters. The first-order chi connectivity index (χ1) is 27.8. The number of alkyl halides is 1. The summed E-state index contributed by atoms with van der Waals surface area (Å²) in [5.41, 5.74) is -4.75. The summed E-state index contributed by atoms with van der Waals surface area (Å²) in [6.45, 7) is 13.8. The van der Waals surface area contributed by atoms with Gasteiger partial charge in [-0.3, -0.25) is 14.6 Å². The van der Waals surface area contributed by atoms with Crippen molar-refractivity contribution < 1.29 is 52.4 Å². The van der Waals surface area contributed by atoms with Crippen molar-refractivity contribution in [3.63, 3.8) is 0 Å². The molecular weight excluding hydrogens is 765 g/mol. The van der Waals surface area contributed by atoms with E-state index in [2.05, 4.69) is 16.5 Å². The van der Waals surface area contributed by atoms with Crippen LogP contribution in [-0.2, 0) is 44.6 Å². The van der Waals surface area contributed by atoms with Crippen LogP contribution in [0.25, 0.3) is 11.3 Å². The smallest absolute Gasteiger partial charge is 0.411 e. The fourth-order valence-corrected chi connectivity index (χ4v) is 8.90. The Labute approximate surface area is 346 Å². The zero-order valence-electron chi connectivity index (χ0n) is 35.8. The number of nitrogens with zero attached hydrogens (tertiary/aromatic N) is 5. The standard InChI is InChI=1S/C43H62FN5O10/c1-11-34-43(12-2)33(49(40(54)59-43)19-14-13-18-48-24-30(46-25-48)29-16-15-17-45-23-29)21-32(50)26(3)22-41(6,55-10)37(28(5)36(52)42(7,44)39(53)57-34)58-38-35(51)31(47(8)9)20-27(4)56-38/h12,15-17,23-28,31,33-35,37-38,51H,2,11,13-14,18-22H2,1,3-10H3/t26-,27-,28+,31+,33-,34-,35-,37-,38?,41-,42+,43+/m1/s1. The number of rotatable bonds is 12. The molecule has 3 fully saturated rings. The lowest BCUT2D eigenvalue weighted by atomic mass is 9.75. The molecule has 0 spiro atoms. The van der Waals surface area contributed by atoms with Gasteiger partial charge in [0, 0.05) is 68.7 Å². The highest BCUT2D eigenvalue weighted by Gasteiger charge is 2.61. The second kappa shape index (κ2) is 18.7. The molecule has 0 bridgehead atoms. The van der Waals surface area contributed by atoms with Gasteiger partial charge in [0.15, 0.2) is 17.7 Å². The number of hydrogen-bond donors (Lipinski definition) is 1. The summed E-state index contributed by atoms with van der Waals surface area (Å²) in [6.07, 6.45) is 3.74. The summed E-state index contributed by atoms with van der Waals surface area (Å²) >= 11 is 0. The largest absolute Gasteiger partial charge is 0.455 e. The average Bonchev–Trinajstić information content (AvgIpc) is 3.79. The maximum Gasteiger partial charge on any atom is 0.411 e. The number of unbranched alkanes of at least 4 members (excludes halogenated alkanes) is 1. The lowest BCUT2D eigenvalue weighted by molar-refractivity contribution is -0.295. The number of carbonyl (C=O) groups excluding carboxylic acids is 4. The zero-order valence-corrected chi connectivity index (χ0v) is 35.8. The minimum atomic E-state index is -3.20. The molecule has 5 rings (SSSR count). The van der Waals surface area contributed by atoms with Crippen molar-refractivity contribution >= 4 is 23.6 Å². The topological polar surface area (TPSA) is 172 Å². The molecule has 326 valence electrons. The summed E-state index contributed by atoms with van der Waals surface area (Å²) in [4.78, 5) is 68.4. The van der Waals surface area contributed by atoms with Crippen molar-refractivity contribution in [2.24, 2.45) is 11.8 Å². The SMILES string of the molecule is C=C[C@]12OC(=O)N(CCCCn3cnc(-c4cccnc4)c3)[C@@H]1CC(=O)[C@H](C)C[C@@](C)(OC)[C@H](OC1O[C@H](C)C[C@H](N(C)C)[C@H]1O)[C@@H](C)C(=O)[C@](C)(F)C(=O)O[C@@H]2CC. The van der Waals surface area contributed by atoms with E-state index in [1.54, 1.807) is 39.5 Å². The Balaban J connectivity index is 1.45. The number of esters is 1. The fraction of sp³-hybridized carbons (Fsp3) is 0.674. The molecule has 59 heavy (non-hydrogen) atoms. The van der Waals surface area contributed by atoms with E-state index in [0.29, 0.717) is 25.8 Å². The van der Waals surface area contributed by atoms with Gasteiger partial charge < -0.3 is 43.2 Å². The number of imidazole rings is 1. The first-order valence-corrected chi connectivity index (χ1v) is 20.6. The number of fused-ring (bicyclic) bond motifs is 1. The molecule has 1 amide bonds. The van der Waals surface area contributed by atoms with Crippen LogP contribution >= 0.6 is 0 Å². The molecule has 3 aliphatic rings. The predicted octanol–water partition coefficient (Wildman–Crippen LogP) is 4.94. The number of amides is 1. The Bertz CT molecular complexity index is 1810. The van der Waals surface area contributed by atoms with Crippen LogP contribution in [0.2, 0.25) is 0 Å². The van der Waals surface area contributed by atoms with Gasteiger partial charge in [-0.15, -0.1) is 0 Å². The Kier molecular flexibility index (Phi) is 14.6. The van der Waals surface area contributed by atoms with Crippen LogP contribution in [0.5, 0.6) is 0 Å². The Morgan fingerprint density at radius 3 is 2.47 bits per heavy atom. The van der Waals surface area contributed by atoms with Crippen LogP contribution in [-0.4, -0.2) is 140 Å². The van der Waals surface area contributed by atoms with E-state index < -0.39 is 77.2 Å². The molecule has 0 aromatic carbocycles. The van der Waals surface area contributed by atoms with E-state index in [1.165, 1.54) is 25.0 Å². The number of ether oxygens (including phenoxy) is 5. The monoisotopic (exact) mass is 827 g/mol. The van der Waals surface area contributed by atoms with Gasteiger partial charge in [-0.05, 0) is 85.2 Å². The molecule has 15 nitrogen and oxygen atoms in total. The summed E-state index contributed by atoms with van der Waals surface area (Å²) in [7, 11) is 5.03. The van der Waals surface area contributed by atoms with E-state index in [4.69, 9.17) is 23.7 Å². The number of aliphatic hydroxyl groups excluding tert-OH is 1. The molecule has 0 aliphatic carbocycles. The van der Waals surface area contributed by atoms with Gasteiger partial charge in [0.05, 0.1) is 35.9 Å². The van der Waals surface area contributed by atoms with E-state index in [-0.39, 0.29) is 43.7 Å². The minimum Gasteiger partial charge on any atom is -0.455 e. The Morgan fingerprint density at radius 1 is 1.14 bits per heavy atom. The Morgan fingerprint density at radius 2 is 1.85 bits per heavy atom. The first kappa shape index (κ1) is 46.0.